The van der Waals surface area contributed by atoms with Crippen molar-refractivity contribution >= 4 is 86.9 Å². The number of hydrogen-bond donors (Lipinski definition) is 6. The molecule has 518 valence electrons. The number of H-pyrrole nitrogens is 3. The molecule has 0 aliphatic heterocycles. The van der Waals surface area contributed by atoms with Crippen LogP contribution in [0.3, 0.4) is 0 Å². The third-order valence-corrected chi connectivity index (χ3v) is 20.4. The maximum atomic E-state index is 12.7. The van der Waals surface area contributed by atoms with E-state index in [1.165, 1.54) is 36.4 Å². The minimum Gasteiger partial charge on any atom is -0.389 e. The highest BCUT2D eigenvalue weighted by Gasteiger charge is 2.48. The first-order chi connectivity index (χ1) is 47.0. The minimum absolute atomic E-state index is 0.476. The van der Waals surface area contributed by atoms with E-state index in [1.54, 1.807) is 52.0 Å². The summed E-state index contributed by atoms with van der Waals surface area (Å²) < 4.78 is 183. The minimum atomic E-state index is -5.38. The molecule has 0 saturated heterocycles. The molecular weight excluding hydrogens is 1370 g/mol. The smallest absolute Gasteiger partial charge is 0.389 e. The Bertz CT molecular complexity index is 5370. The fourth-order valence-electron chi connectivity index (χ4n) is 10.8. The molecule has 0 spiro atoms. The lowest BCUT2D eigenvalue weighted by molar-refractivity contribution is -0.0442. The van der Waals surface area contributed by atoms with Gasteiger partial charge in [-0.15, -0.1) is 0 Å². The highest BCUT2D eigenvalue weighted by atomic mass is 32.2. The summed E-state index contributed by atoms with van der Waals surface area (Å²) in [6.45, 7) is 6.89. The van der Waals surface area contributed by atoms with Crippen molar-refractivity contribution < 1.29 is 80.1 Å². The highest BCUT2D eigenvalue weighted by Crippen LogP contribution is 2.37. The van der Waals surface area contributed by atoms with E-state index in [0.717, 1.165) is 120 Å². The fraction of sp³-hybridized carbons (Fsp3) is 0.164. The van der Waals surface area contributed by atoms with E-state index in [1.807, 2.05) is 127 Å². The van der Waals surface area contributed by atoms with Gasteiger partial charge in [-0.25, -0.2) is 40.2 Å². The van der Waals surface area contributed by atoms with Crippen molar-refractivity contribution in [3.8, 4) is 33.4 Å². The Morgan fingerprint density at radius 3 is 1.13 bits per heavy atom. The molecule has 15 nitrogen and oxygen atoms in total. The van der Waals surface area contributed by atoms with E-state index in [-0.39, 0.29) is 0 Å². The fourth-order valence-corrected chi connectivity index (χ4v) is 13.1. The summed E-state index contributed by atoms with van der Waals surface area (Å²) in [5.74, 6) is 1.76. The highest BCUT2D eigenvalue weighted by molar-refractivity contribution is 7.92. The number of aliphatic hydroxyl groups excluding tert-OH is 2. The van der Waals surface area contributed by atoms with Crippen molar-refractivity contribution in [2.75, 3.05) is 0 Å². The molecule has 0 fully saturated rings. The summed E-state index contributed by atoms with van der Waals surface area (Å²) in [4.78, 5) is 20.8. The summed E-state index contributed by atoms with van der Waals surface area (Å²) in [7, 11) is -16.1. The molecule has 0 radical (unpaired) electrons. The number of sulfone groups is 3. The number of aromatic nitrogens is 6. The van der Waals surface area contributed by atoms with Crippen LogP contribution < -0.4 is 0 Å². The Morgan fingerprint density at radius 2 is 0.750 bits per heavy atom. The maximum Gasteiger partial charge on any atom is 0.501 e. The predicted octanol–water partition coefficient (Wildman–Crippen LogP) is 17.0. The van der Waals surface area contributed by atoms with E-state index in [9.17, 15) is 80.1 Å². The standard InChI is InChI=1S/C25H21F3N2O3S.C24H21F3N2O3S.C24H19F3N2O3S/c1-24(2,31)20-6-4-3-5-19(20)17-10-13-21-22(15-17)30-23(29-21)14-9-16-7-11-18(12-8-16)34(32,33)25(26,27)28;2*1-15(30)19-4-2-3-5-20(19)17-9-12-21-22(14-17)29-23(28-21)13-8-16-6-10-18(11-7-16)33(31,32)24(25,26)27/h3-15,31H,1-2H3,(H,29,30);2-7,9-12,14-15,30H,8,13H2,1H3,(H,28,29);2-15,30H,1H3,(H,28,29)/b14-9+;;13-8+. The molecule has 6 N–H and O–H groups in total. The number of rotatable bonds is 16. The van der Waals surface area contributed by atoms with Crippen LogP contribution in [-0.4, -0.2) is 87.0 Å². The molecule has 0 bridgehead atoms. The van der Waals surface area contributed by atoms with Crippen LogP contribution in [0.5, 0.6) is 0 Å². The van der Waals surface area contributed by atoms with Gasteiger partial charge in [-0.1, -0.05) is 140 Å². The number of nitrogens with one attached hydrogen (secondary N) is 3. The summed E-state index contributed by atoms with van der Waals surface area (Å²) in [6, 6.07) is 53.6. The van der Waals surface area contributed by atoms with E-state index < -0.39 is 78.5 Å². The molecule has 3 heterocycles. The van der Waals surface area contributed by atoms with Crippen LogP contribution in [0, 0.1) is 0 Å². The lowest BCUT2D eigenvalue weighted by atomic mass is 9.89. The molecule has 2 atom stereocenters. The molecule has 2 unspecified atom stereocenters. The quantitative estimate of drug-likeness (QED) is 0.0494. The molecule has 3 aromatic heterocycles. The van der Waals surface area contributed by atoms with Crippen LogP contribution in [0.15, 0.2) is 215 Å². The van der Waals surface area contributed by atoms with Crippen LogP contribution in [0.25, 0.3) is 90.8 Å². The average Bonchev–Trinajstić information content (AvgIpc) is 1.27. The number of hydrogen-bond acceptors (Lipinski definition) is 12. The van der Waals surface area contributed by atoms with Gasteiger partial charge in [0, 0.05) is 6.42 Å². The molecule has 100 heavy (non-hydrogen) atoms. The summed E-state index contributed by atoms with van der Waals surface area (Å²) in [5, 5.41) is 30.6. The Balaban J connectivity index is 0.000000162. The lowest BCUT2D eigenvalue weighted by Gasteiger charge is -2.21. The molecule has 12 rings (SSSR count). The normalized spacial score (nSPS) is 13.4. The summed E-state index contributed by atoms with van der Waals surface area (Å²) >= 11 is 0. The van der Waals surface area contributed by atoms with E-state index in [0.29, 0.717) is 47.0 Å². The molecule has 0 amide bonds. The monoisotopic (exact) mass is 1430 g/mol. The maximum absolute atomic E-state index is 12.7. The Morgan fingerprint density at radius 1 is 0.410 bits per heavy atom. The van der Waals surface area contributed by atoms with Crippen molar-refractivity contribution in [3.63, 3.8) is 0 Å². The van der Waals surface area contributed by atoms with Crippen molar-refractivity contribution in [2.45, 2.75) is 89.6 Å². The Labute approximate surface area is 567 Å². The average molecular weight is 1430 g/mol. The number of benzene rings is 9. The number of nitrogens with zero attached hydrogens (tertiary/aromatic N) is 3. The van der Waals surface area contributed by atoms with Gasteiger partial charge in [0.2, 0.25) is 0 Å². The Hall–Kier alpha value is -10.0. The van der Waals surface area contributed by atoms with E-state index >= 15 is 0 Å². The Kier molecular flexibility index (Phi) is 20.8. The largest absolute Gasteiger partial charge is 0.501 e. The van der Waals surface area contributed by atoms with Crippen LogP contribution >= 0.6 is 0 Å². The zero-order valence-electron chi connectivity index (χ0n) is 53.2. The van der Waals surface area contributed by atoms with Crippen molar-refractivity contribution in [2.24, 2.45) is 0 Å². The van der Waals surface area contributed by atoms with Gasteiger partial charge in [0.15, 0.2) is 0 Å². The molecule has 0 aliphatic carbocycles. The number of imidazole rings is 3. The van der Waals surface area contributed by atoms with E-state index in [2.05, 4.69) is 29.9 Å². The zero-order chi connectivity index (χ0) is 72.3. The first-order valence-corrected chi connectivity index (χ1v) is 34.9. The topological polar surface area (TPSA) is 249 Å². The van der Waals surface area contributed by atoms with Crippen molar-refractivity contribution in [1.82, 2.24) is 29.9 Å². The van der Waals surface area contributed by atoms with Gasteiger partial charge in [0.25, 0.3) is 29.5 Å². The third kappa shape index (κ3) is 16.3. The third-order valence-electron chi connectivity index (χ3n) is 15.9. The molecule has 0 saturated carbocycles. The molecule has 9 aromatic carbocycles. The number of aromatic amines is 3. The van der Waals surface area contributed by atoms with Gasteiger partial charge in [-0.2, -0.15) is 39.5 Å². The summed E-state index contributed by atoms with van der Waals surface area (Å²) in [5.41, 5.74) is -2.75. The number of alkyl halides is 9. The lowest BCUT2D eigenvalue weighted by Crippen LogP contribution is -2.23. The van der Waals surface area contributed by atoms with Gasteiger partial charge in [0.05, 0.1) is 65.6 Å². The van der Waals surface area contributed by atoms with Gasteiger partial charge in [-0.3, -0.25) is 0 Å². The number of aliphatic hydroxyl groups is 3. The van der Waals surface area contributed by atoms with Crippen LogP contribution in [0.1, 0.15) is 90.8 Å². The van der Waals surface area contributed by atoms with Crippen LogP contribution in [0.2, 0.25) is 0 Å². The van der Waals surface area contributed by atoms with Gasteiger partial charge in [-0.05, 0) is 186 Å². The second kappa shape index (κ2) is 28.7. The van der Waals surface area contributed by atoms with Crippen LogP contribution in [-0.2, 0) is 48.0 Å². The SMILES string of the molecule is CC(C)(O)c1ccccc1-c1ccc2nc(/C=C/c3ccc(S(=O)(=O)C(F)(F)F)cc3)[nH]c2c1.CC(O)c1ccccc1-c1ccc2nc(/C=C/c3ccc(S(=O)(=O)C(F)(F)F)cc3)[nH]c2c1.CC(O)c1ccccc1-c1ccc2nc(CCc3ccc(S(=O)(=O)C(F)(F)F)cc3)[nH]c2c1. The van der Waals surface area contributed by atoms with Gasteiger partial charge < -0.3 is 30.3 Å². The van der Waals surface area contributed by atoms with Gasteiger partial charge >= 0.3 is 16.5 Å². The zero-order valence-corrected chi connectivity index (χ0v) is 55.6. The first-order valence-electron chi connectivity index (χ1n) is 30.4. The number of fused-ring (bicyclic) bond motifs is 3. The summed E-state index contributed by atoms with van der Waals surface area (Å²) in [6.07, 6.45) is 6.29. The van der Waals surface area contributed by atoms with Gasteiger partial charge in [0.1, 0.15) is 17.5 Å². The molecule has 0 aliphatic rings. The molecular formula is C73H61F9N6O9S3. The second-order valence-corrected chi connectivity index (χ2v) is 29.4. The van der Waals surface area contributed by atoms with Crippen LogP contribution in [0.4, 0.5) is 39.5 Å². The first kappa shape index (κ1) is 72.7. The van der Waals surface area contributed by atoms with Crippen molar-refractivity contribution in [1.29, 1.82) is 0 Å². The predicted molar refractivity (Wildman–Crippen MR) is 365 cm³/mol. The number of aryl methyl sites for hydroxylation is 2. The molecule has 27 heteroatoms. The molecule has 12 aromatic rings. The second-order valence-electron chi connectivity index (χ2n) is 23.6. The van der Waals surface area contributed by atoms with E-state index in [4.69, 9.17) is 0 Å². The van der Waals surface area contributed by atoms with Crippen molar-refractivity contribution in [3.05, 3.63) is 251 Å². The number of halogens is 9.